The van der Waals surface area contributed by atoms with E-state index < -0.39 is 30.3 Å². The van der Waals surface area contributed by atoms with E-state index in [0.717, 1.165) is 11.3 Å². The number of halogens is 1. The van der Waals surface area contributed by atoms with Crippen molar-refractivity contribution in [1.82, 2.24) is 4.98 Å². The molecule has 0 saturated carbocycles. The van der Waals surface area contributed by atoms with Gasteiger partial charge in [0.15, 0.2) is 11.4 Å². The minimum absolute atomic E-state index is 0.127. The van der Waals surface area contributed by atoms with Crippen LogP contribution in [-0.4, -0.2) is 26.9 Å². The summed E-state index contributed by atoms with van der Waals surface area (Å²) in [5.74, 6) is -0.508. The molecule has 0 spiro atoms. The fourth-order valence-corrected chi connectivity index (χ4v) is 2.81. The van der Waals surface area contributed by atoms with Crippen LogP contribution in [0.2, 0.25) is 0 Å². The van der Waals surface area contributed by atoms with Crippen LogP contribution in [0, 0.1) is 12.7 Å². The zero-order valence-corrected chi connectivity index (χ0v) is 15.8. The third kappa shape index (κ3) is 5.38. The summed E-state index contributed by atoms with van der Waals surface area (Å²) in [7, 11) is 0. The average molecular weight is 383 g/mol. The maximum Gasteiger partial charge on any atom is 0.413 e. The summed E-state index contributed by atoms with van der Waals surface area (Å²) >= 11 is 1.07. The Balaban J connectivity index is 2.06. The Morgan fingerprint density at radius 2 is 2.12 bits per heavy atom. The third-order valence-electron chi connectivity index (χ3n) is 3.26. The summed E-state index contributed by atoms with van der Waals surface area (Å²) in [6.07, 6.45) is -0.332. The summed E-state index contributed by atoms with van der Waals surface area (Å²) in [5, 5.41) is 25.1. The van der Waals surface area contributed by atoms with Gasteiger partial charge in [-0.3, -0.25) is 5.32 Å². The lowest BCUT2D eigenvalue weighted by atomic mass is 10.1. The van der Waals surface area contributed by atoms with Gasteiger partial charge in [-0.05, 0) is 45.4 Å². The predicted molar refractivity (Wildman–Crippen MR) is 97.6 cm³/mol. The number of aromatic nitrogens is 1. The zero-order chi connectivity index (χ0) is 19.5. The standard InChI is InChI=1S/C17H22FN3O4S/c1-9-5-11(18)10(8-22)6-12(9)20-14(23)13-7-19-15(26-13)21-16(24)25-17(2,3)4/h5-7,14,20,22-23H,8H2,1-4H3,(H,19,21,24). The Morgan fingerprint density at radius 1 is 1.42 bits per heavy atom. The number of ether oxygens (including phenoxy) is 1. The molecular weight excluding hydrogens is 361 g/mol. The lowest BCUT2D eigenvalue weighted by molar-refractivity contribution is 0.0636. The minimum atomic E-state index is -1.11. The first-order valence-electron chi connectivity index (χ1n) is 7.89. The van der Waals surface area contributed by atoms with Gasteiger partial charge in [0, 0.05) is 17.4 Å². The van der Waals surface area contributed by atoms with E-state index in [1.165, 1.54) is 18.3 Å². The van der Waals surface area contributed by atoms with E-state index in [9.17, 15) is 14.3 Å². The number of rotatable bonds is 5. The maximum absolute atomic E-state index is 13.6. The number of aryl methyl sites for hydroxylation is 1. The number of hydrogen-bond donors (Lipinski definition) is 4. The van der Waals surface area contributed by atoms with Crippen molar-refractivity contribution in [3.05, 3.63) is 40.2 Å². The van der Waals surface area contributed by atoms with Crippen LogP contribution < -0.4 is 10.6 Å². The normalized spacial score (nSPS) is 12.6. The van der Waals surface area contributed by atoms with Crippen molar-refractivity contribution in [2.45, 2.75) is 46.1 Å². The molecule has 0 saturated heterocycles. The highest BCUT2D eigenvalue weighted by atomic mass is 32.1. The van der Waals surface area contributed by atoms with Crippen molar-refractivity contribution in [3.8, 4) is 0 Å². The topological polar surface area (TPSA) is 104 Å². The number of nitrogens with zero attached hydrogens (tertiary/aromatic N) is 1. The SMILES string of the molecule is Cc1cc(F)c(CO)cc1NC(O)c1cnc(NC(=O)OC(C)(C)C)s1. The number of carbonyl (C=O) groups excluding carboxylic acids is 1. The zero-order valence-electron chi connectivity index (χ0n) is 15.0. The van der Waals surface area contributed by atoms with Crippen LogP contribution in [0.4, 0.5) is 20.0 Å². The van der Waals surface area contributed by atoms with E-state index in [1.807, 2.05) is 0 Å². The van der Waals surface area contributed by atoms with Crippen LogP contribution in [-0.2, 0) is 11.3 Å². The van der Waals surface area contributed by atoms with Crippen molar-refractivity contribution in [1.29, 1.82) is 0 Å². The van der Waals surface area contributed by atoms with Gasteiger partial charge in [-0.15, -0.1) is 0 Å². The van der Waals surface area contributed by atoms with E-state index in [4.69, 9.17) is 9.84 Å². The van der Waals surface area contributed by atoms with E-state index in [-0.39, 0.29) is 10.7 Å². The molecule has 0 aliphatic heterocycles. The Labute approximate surface area is 154 Å². The molecule has 2 rings (SSSR count). The Hall–Kier alpha value is -2.23. The molecule has 0 fully saturated rings. The van der Waals surface area contributed by atoms with Crippen LogP contribution in [0.1, 0.15) is 43.0 Å². The van der Waals surface area contributed by atoms with Gasteiger partial charge in [-0.2, -0.15) is 0 Å². The van der Waals surface area contributed by atoms with Crippen molar-refractivity contribution < 1.29 is 24.1 Å². The molecule has 7 nitrogen and oxygen atoms in total. The van der Waals surface area contributed by atoms with E-state index >= 15 is 0 Å². The number of thiazole rings is 1. The van der Waals surface area contributed by atoms with Gasteiger partial charge in [0.25, 0.3) is 0 Å². The van der Waals surface area contributed by atoms with Crippen LogP contribution in [0.3, 0.4) is 0 Å². The van der Waals surface area contributed by atoms with Crippen molar-refractivity contribution in [2.24, 2.45) is 0 Å². The fourth-order valence-electron chi connectivity index (χ4n) is 2.07. The Morgan fingerprint density at radius 3 is 2.73 bits per heavy atom. The highest BCUT2D eigenvalue weighted by Gasteiger charge is 2.19. The highest BCUT2D eigenvalue weighted by Crippen LogP contribution is 2.28. The second-order valence-electron chi connectivity index (χ2n) is 6.66. The molecule has 4 N–H and O–H groups in total. The molecule has 1 aromatic heterocycles. The smallest absolute Gasteiger partial charge is 0.413 e. The molecule has 1 heterocycles. The molecule has 142 valence electrons. The summed E-state index contributed by atoms with van der Waals surface area (Å²) < 4.78 is 18.8. The largest absolute Gasteiger partial charge is 0.444 e. The van der Waals surface area contributed by atoms with E-state index in [1.54, 1.807) is 27.7 Å². The molecule has 1 aromatic carbocycles. The minimum Gasteiger partial charge on any atom is -0.444 e. The number of carbonyl (C=O) groups is 1. The molecule has 9 heteroatoms. The fraction of sp³-hybridized carbons (Fsp3) is 0.412. The molecule has 26 heavy (non-hydrogen) atoms. The molecule has 0 aliphatic carbocycles. The van der Waals surface area contributed by atoms with Crippen LogP contribution in [0.15, 0.2) is 18.3 Å². The molecule has 1 unspecified atom stereocenters. The number of aliphatic hydroxyl groups is 2. The Bertz CT molecular complexity index is 789. The van der Waals surface area contributed by atoms with Crippen LogP contribution in [0.5, 0.6) is 0 Å². The van der Waals surface area contributed by atoms with Gasteiger partial charge in [0.1, 0.15) is 11.4 Å². The van der Waals surface area contributed by atoms with Crippen LogP contribution >= 0.6 is 11.3 Å². The maximum atomic E-state index is 13.6. The Kier molecular flexibility index (Phi) is 6.17. The first kappa shape index (κ1) is 20.1. The van der Waals surface area contributed by atoms with Crippen molar-refractivity contribution in [2.75, 3.05) is 10.6 Å². The van der Waals surface area contributed by atoms with E-state index in [2.05, 4.69) is 15.6 Å². The molecular formula is C17H22FN3O4S. The summed E-state index contributed by atoms with van der Waals surface area (Å²) in [6, 6.07) is 2.72. The lowest BCUT2D eigenvalue weighted by Gasteiger charge is -2.19. The third-order valence-corrected chi connectivity index (χ3v) is 4.22. The van der Waals surface area contributed by atoms with Gasteiger partial charge in [0.05, 0.1) is 11.5 Å². The molecule has 0 aliphatic rings. The predicted octanol–water partition coefficient (Wildman–Crippen LogP) is 3.53. The highest BCUT2D eigenvalue weighted by molar-refractivity contribution is 7.15. The van der Waals surface area contributed by atoms with Crippen LogP contribution in [0.25, 0.3) is 0 Å². The number of nitrogens with one attached hydrogen (secondary N) is 2. The molecule has 0 radical (unpaired) electrons. The lowest BCUT2D eigenvalue weighted by Crippen LogP contribution is -2.27. The molecule has 1 amide bonds. The summed E-state index contributed by atoms with van der Waals surface area (Å²) in [6.45, 7) is 6.49. The van der Waals surface area contributed by atoms with E-state index in [0.29, 0.717) is 16.1 Å². The van der Waals surface area contributed by atoms with Gasteiger partial charge in [-0.25, -0.2) is 14.2 Å². The molecule has 0 bridgehead atoms. The first-order chi connectivity index (χ1) is 12.1. The molecule has 1 atom stereocenters. The van der Waals surface area contributed by atoms with Crippen molar-refractivity contribution >= 4 is 28.2 Å². The van der Waals surface area contributed by atoms with Gasteiger partial charge in [-0.1, -0.05) is 11.3 Å². The second kappa shape index (κ2) is 7.98. The number of anilines is 2. The number of benzene rings is 1. The number of aliphatic hydroxyl groups excluding tert-OH is 2. The number of amides is 1. The second-order valence-corrected chi connectivity index (χ2v) is 7.72. The number of hydrogen-bond acceptors (Lipinski definition) is 7. The summed E-state index contributed by atoms with van der Waals surface area (Å²) in [5.41, 5.74) is 0.561. The average Bonchev–Trinajstić information content (AvgIpc) is 2.96. The quantitative estimate of drug-likeness (QED) is 0.589. The van der Waals surface area contributed by atoms with Gasteiger partial charge < -0.3 is 20.3 Å². The van der Waals surface area contributed by atoms with Gasteiger partial charge in [0.2, 0.25) is 0 Å². The van der Waals surface area contributed by atoms with Gasteiger partial charge >= 0.3 is 6.09 Å². The molecule has 2 aromatic rings. The summed E-state index contributed by atoms with van der Waals surface area (Å²) in [4.78, 5) is 16.2. The van der Waals surface area contributed by atoms with Crippen molar-refractivity contribution in [3.63, 3.8) is 0 Å². The monoisotopic (exact) mass is 383 g/mol. The first-order valence-corrected chi connectivity index (χ1v) is 8.71.